The maximum atomic E-state index is 13.1. The van der Waals surface area contributed by atoms with E-state index in [4.69, 9.17) is 5.26 Å². The van der Waals surface area contributed by atoms with E-state index in [1.165, 1.54) is 18.7 Å². The van der Waals surface area contributed by atoms with E-state index in [9.17, 15) is 23.1 Å². The molecule has 1 aromatic heterocycles. The first-order valence-corrected chi connectivity index (χ1v) is 12.5. The number of nitrogens with zero attached hydrogens (tertiary/aromatic N) is 3. The Kier molecular flexibility index (Phi) is 5.99. The van der Waals surface area contributed by atoms with Crippen molar-refractivity contribution in [2.45, 2.75) is 49.1 Å². The number of fused-ring (bicyclic) bond motifs is 1. The molecule has 4 rings (SSSR count). The number of nitrogens with one attached hydrogen (secondary N) is 2. The van der Waals surface area contributed by atoms with Crippen LogP contribution >= 0.6 is 0 Å². The number of hydrogen-bond acceptors (Lipinski definition) is 7. The summed E-state index contributed by atoms with van der Waals surface area (Å²) in [5.74, 6) is -0.808. The first-order chi connectivity index (χ1) is 16.0. The van der Waals surface area contributed by atoms with E-state index in [1.807, 2.05) is 6.07 Å². The van der Waals surface area contributed by atoms with Crippen molar-refractivity contribution in [3.8, 4) is 6.07 Å². The lowest BCUT2D eigenvalue weighted by Crippen LogP contribution is -2.51. The van der Waals surface area contributed by atoms with Gasteiger partial charge in [-0.2, -0.15) is 10.4 Å². The quantitative estimate of drug-likeness (QED) is 0.502. The number of aromatic nitrogens is 2. The molecule has 180 valence electrons. The SMILES string of the molecule is CC(C)(CO)S(=O)(=O)C1(CN2CCc3c(C(=O)NCc4ccc(C#N)cc4)n[nH]c3C2=O)CC1. The molecule has 2 aromatic rings. The maximum Gasteiger partial charge on any atom is 0.272 e. The van der Waals surface area contributed by atoms with E-state index in [1.54, 1.807) is 24.3 Å². The third kappa shape index (κ3) is 3.97. The molecule has 10 nitrogen and oxygen atoms in total. The number of aliphatic hydroxyl groups excluding tert-OH is 1. The molecular formula is C23H27N5O5S. The molecule has 2 amide bonds. The van der Waals surface area contributed by atoms with Gasteiger partial charge in [-0.25, -0.2) is 8.42 Å². The van der Waals surface area contributed by atoms with Gasteiger partial charge in [-0.3, -0.25) is 14.7 Å². The average Bonchev–Trinajstić information content (AvgIpc) is 3.49. The predicted octanol–water partition coefficient (Wildman–Crippen LogP) is 0.928. The number of hydrogen-bond donors (Lipinski definition) is 3. The van der Waals surface area contributed by atoms with Crippen molar-refractivity contribution in [3.05, 3.63) is 52.3 Å². The second kappa shape index (κ2) is 8.52. The van der Waals surface area contributed by atoms with Crippen LogP contribution in [-0.2, 0) is 22.8 Å². The molecule has 34 heavy (non-hydrogen) atoms. The zero-order valence-electron chi connectivity index (χ0n) is 19.1. The fourth-order valence-corrected chi connectivity index (χ4v) is 6.57. The summed E-state index contributed by atoms with van der Waals surface area (Å²) >= 11 is 0. The van der Waals surface area contributed by atoms with Crippen LogP contribution in [0.5, 0.6) is 0 Å². The summed E-state index contributed by atoms with van der Waals surface area (Å²) in [5, 5.41) is 27.9. The van der Waals surface area contributed by atoms with Crippen LogP contribution in [0.25, 0.3) is 0 Å². The molecule has 1 aliphatic heterocycles. The van der Waals surface area contributed by atoms with Gasteiger partial charge in [-0.05, 0) is 50.8 Å². The van der Waals surface area contributed by atoms with Crippen molar-refractivity contribution in [2.75, 3.05) is 19.7 Å². The maximum absolute atomic E-state index is 13.1. The van der Waals surface area contributed by atoms with Gasteiger partial charge in [0.05, 0.1) is 27.7 Å². The Balaban J connectivity index is 1.45. The topological polar surface area (TPSA) is 156 Å². The Bertz CT molecular complexity index is 1270. The fraction of sp³-hybridized carbons (Fsp3) is 0.478. The van der Waals surface area contributed by atoms with Crippen LogP contribution in [0.15, 0.2) is 24.3 Å². The molecule has 0 unspecified atom stereocenters. The van der Waals surface area contributed by atoms with Gasteiger partial charge in [0.1, 0.15) is 5.69 Å². The highest BCUT2D eigenvalue weighted by atomic mass is 32.2. The number of nitriles is 1. The molecule has 11 heteroatoms. The molecule has 0 spiro atoms. The monoisotopic (exact) mass is 485 g/mol. The Morgan fingerprint density at radius 3 is 2.59 bits per heavy atom. The van der Waals surface area contributed by atoms with Gasteiger partial charge in [-0.15, -0.1) is 0 Å². The summed E-state index contributed by atoms with van der Waals surface area (Å²) in [6.07, 6.45) is 1.26. The van der Waals surface area contributed by atoms with Gasteiger partial charge in [-0.1, -0.05) is 12.1 Å². The van der Waals surface area contributed by atoms with Crippen LogP contribution in [0.3, 0.4) is 0 Å². The number of rotatable bonds is 8. The minimum absolute atomic E-state index is 0.0519. The van der Waals surface area contributed by atoms with Gasteiger partial charge in [0.2, 0.25) is 0 Å². The highest BCUT2D eigenvalue weighted by Crippen LogP contribution is 2.49. The van der Waals surface area contributed by atoms with Crippen molar-refractivity contribution in [1.82, 2.24) is 20.4 Å². The summed E-state index contributed by atoms with van der Waals surface area (Å²) in [7, 11) is -3.68. The van der Waals surface area contributed by atoms with Gasteiger partial charge >= 0.3 is 0 Å². The number of sulfone groups is 1. The molecule has 1 fully saturated rings. The van der Waals surface area contributed by atoms with Gasteiger partial charge in [0.25, 0.3) is 11.8 Å². The number of aliphatic hydroxyl groups is 1. The smallest absolute Gasteiger partial charge is 0.272 e. The lowest BCUT2D eigenvalue weighted by atomic mass is 10.0. The Morgan fingerprint density at radius 1 is 1.32 bits per heavy atom. The average molecular weight is 486 g/mol. The lowest BCUT2D eigenvalue weighted by molar-refractivity contribution is 0.0729. The van der Waals surface area contributed by atoms with Crippen molar-refractivity contribution in [3.63, 3.8) is 0 Å². The van der Waals surface area contributed by atoms with E-state index in [-0.39, 0.29) is 36.9 Å². The van der Waals surface area contributed by atoms with Gasteiger partial charge in [0.15, 0.2) is 15.5 Å². The highest BCUT2D eigenvalue weighted by molar-refractivity contribution is 7.94. The number of benzene rings is 1. The zero-order chi connectivity index (χ0) is 24.7. The Labute approximate surface area is 197 Å². The molecule has 2 heterocycles. The van der Waals surface area contributed by atoms with E-state index in [0.717, 1.165) is 5.56 Å². The molecule has 2 aliphatic rings. The first-order valence-electron chi connectivity index (χ1n) is 11.0. The van der Waals surface area contributed by atoms with E-state index < -0.39 is 31.8 Å². The minimum atomic E-state index is -3.68. The molecule has 3 N–H and O–H groups in total. The van der Waals surface area contributed by atoms with Crippen LogP contribution in [0.1, 0.15) is 64.4 Å². The predicted molar refractivity (Wildman–Crippen MR) is 123 cm³/mol. The second-order valence-corrected chi connectivity index (χ2v) is 12.5. The molecule has 0 bridgehead atoms. The molecule has 1 aromatic carbocycles. The largest absolute Gasteiger partial charge is 0.395 e. The lowest BCUT2D eigenvalue weighted by Gasteiger charge is -2.34. The third-order valence-corrected chi connectivity index (χ3v) is 9.98. The van der Waals surface area contributed by atoms with Gasteiger partial charge < -0.3 is 15.3 Å². The summed E-state index contributed by atoms with van der Waals surface area (Å²) < 4.78 is 23.9. The van der Waals surface area contributed by atoms with Gasteiger partial charge in [0, 0.05) is 25.2 Å². The highest BCUT2D eigenvalue weighted by Gasteiger charge is 2.60. The van der Waals surface area contributed by atoms with Crippen LogP contribution in [0.2, 0.25) is 0 Å². The van der Waals surface area contributed by atoms with Crippen LogP contribution in [0.4, 0.5) is 0 Å². The Hall–Kier alpha value is -3.23. The molecule has 1 aliphatic carbocycles. The van der Waals surface area contributed by atoms with E-state index >= 15 is 0 Å². The minimum Gasteiger partial charge on any atom is -0.395 e. The number of amides is 2. The van der Waals surface area contributed by atoms with E-state index in [0.29, 0.717) is 30.4 Å². The molecule has 0 radical (unpaired) electrons. The normalized spacial score (nSPS) is 17.1. The van der Waals surface area contributed by atoms with E-state index in [2.05, 4.69) is 15.5 Å². The molecule has 1 saturated carbocycles. The van der Waals surface area contributed by atoms with Crippen molar-refractivity contribution < 1.29 is 23.1 Å². The van der Waals surface area contributed by atoms with Crippen molar-refractivity contribution in [1.29, 1.82) is 5.26 Å². The summed E-state index contributed by atoms with van der Waals surface area (Å²) in [6, 6.07) is 8.87. The second-order valence-electron chi connectivity index (χ2n) is 9.50. The summed E-state index contributed by atoms with van der Waals surface area (Å²) in [5.41, 5.74) is 2.21. The van der Waals surface area contributed by atoms with Crippen molar-refractivity contribution in [2.24, 2.45) is 0 Å². The summed E-state index contributed by atoms with van der Waals surface area (Å²) in [6.45, 7) is 3.07. The van der Waals surface area contributed by atoms with Crippen LogP contribution in [-0.4, -0.2) is 69.6 Å². The third-order valence-electron chi connectivity index (χ3n) is 6.72. The number of aromatic amines is 1. The summed E-state index contributed by atoms with van der Waals surface area (Å²) in [4.78, 5) is 27.3. The molecule has 0 saturated heterocycles. The molecule has 0 atom stereocenters. The standard InChI is InChI=1S/C23H27N5O5S/c1-22(2,14-29)34(32,33)23(8-9-23)13-28-10-7-17-18(26-27-19(17)21(28)31)20(30)25-12-16-5-3-15(11-24)4-6-16/h3-6,29H,7-10,12-14H2,1-2H3,(H,25,30)(H,26,27). The molecular weight excluding hydrogens is 458 g/mol. The van der Waals surface area contributed by atoms with Crippen LogP contribution in [0, 0.1) is 11.3 Å². The van der Waals surface area contributed by atoms with Crippen LogP contribution < -0.4 is 5.32 Å². The van der Waals surface area contributed by atoms with Crippen molar-refractivity contribution >= 4 is 21.7 Å². The Morgan fingerprint density at radius 2 is 2.00 bits per heavy atom. The fourth-order valence-electron chi connectivity index (χ4n) is 4.26. The number of carbonyl (C=O) groups is 2. The number of H-pyrrole nitrogens is 1. The zero-order valence-corrected chi connectivity index (χ0v) is 19.9. The first kappa shape index (κ1) is 23.9. The number of carbonyl (C=O) groups excluding carboxylic acids is 2.